The van der Waals surface area contributed by atoms with Gasteiger partial charge in [-0.15, -0.1) is 0 Å². The van der Waals surface area contributed by atoms with E-state index in [1.54, 1.807) is 6.92 Å². The molecule has 1 aliphatic heterocycles. The van der Waals surface area contributed by atoms with Crippen LogP contribution in [0.4, 0.5) is 0 Å². The molecule has 5 nitrogen and oxygen atoms in total. The molecule has 1 aromatic heterocycles. The third-order valence-corrected chi connectivity index (χ3v) is 3.63. The van der Waals surface area contributed by atoms with Gasteiger partial charge in [0, 0.05) is 19.1 Å². The number of rotatable bonds is 5. The molecular weight excluding hydrogens is 242 g/mol. The van der Waals surface area contributed by atoms with Crippen molar-refractivity contribution in [2.75, 3.05) is 19.6 Å². The summed E-state index contributed by atoms with van der Waals surface area (Å²) in [5.74, 6) is 0.662. The lowest BCUT2D eigenvalue weighted by atomic mass is 10.1. The molecule has 1 aliphatic rings. The molecule has 1 N–H and O–H groups in total. The highest BCUT2D eigenvalue weighted by Crippen LogP contribution is 2.17. The quantitative estimate of drug-likeness (QED) is 0.883. The van der Waals surface area contributed by atoms with E-state index < -0.39 is 0 Å². The van der Waals surface area contributed by atoms with Crippen LogP contribution in [0.1, 0.15) is 48.0 Å². The number of aryl methyl sites for hydroxylation is 2. The molecule has 0 bridgehead atoms. The Balaban J connectivity index is 2.11. The van der Waals surface area contributed by atoms with Crippen LogP contribution < -0.4 is 5.32 Å². The largest absolute Gasteiger partial charge is 0.361 e. The molecule has 1 saturated heterocycles. The molecule has 0 spiro atoms. The fourth-order valence-corrected chi connectivity index (χ4v) is 2.67. The first kappa shape index (κ1) is 14.1. The fraction of sp³-hybridized carbons (Fsp3) is 0.714. The van der Waals surface area contributed by atoms with Gasteiger partial charge in [-0.2, -0.15) is 0 Å². The van der Waals surface area contributed by atoms with Gasteiger partial charge in [-0.3, -0.25) is 4.79 Å². The lowest BCUT2D eigenvalue weighted by Gasteiger charge is -2.25. The first-order valence-electron chi connectivity index (χ1n) is 7.09. The van der Waals surface area contributed by atoms with E-state index in [0.29, 0.717) is 23.1 Å². The minimum Gasteiger partial charge on any atom is -0.361 e. The molecule has 2 rings (SSSR count). The van der Waals surface area contributed by atoms with Crippen LogP contribution in [0.15, 0.2) is 4.52 Å². The van der Waals surface area contributed by atoms with E-state index in [2.05, 4.69) is 17.4 Å². The summed E-state index contributed by atoms with van der Waals surface area (Å²) in [6, 6.07) is 0.427. The van der Waals surface area contributed by atoms with Crippen molar-refractivity contribution in [1.82, 2.24) is 15.4 Å². The number of nitrogens with one attached hydrogen (secondary N) is 1. The SMILES string of the molecule is CCCN(CC1CCCN1)C(=O)c1c(C)noc1C. The number of carbonyl (C=O) groups is 1. The molecule has 2 heterocycles. The Morgan fingerprint density at radius 1 is 1.53 bits per heavy atom. The van der Waals surface area contributed by atoms with Gasteiger partial charge in [-0.1, -0.05) is 12.1 Å². The number of hydrogen-bond donors (Lipinski definition) is 1. The summed E-state index contributed by atoms with van der Waals surface area (Å²) >= 11 is 0. The Hall–Kier alpha value is -1.36. The zero-order valence-corrected chi connectivity index (χ0v) is 12.0. The van der Waals surface area contributed by atoms with Crippen LogP contribution in [0, 0.1) is 13.8 Å². The van der Waals surface area contributed by atoms with Crippen LogP contribution in [0.5, 0.6) is 0 Å². The number of hydrogen-bond acceptors (Lipinski definition) is 4. The predicted octanol–water partition coefficient (Wildman–Crippen LogP) is 1.90. The highest BCUT2D eigenvalue weighted by atomic mass is 16.5. The Morgan fingerprint density at radius 3 is 2.84 bits per heavy atom. The average molecular weight is 265 g/mol. The van der Waals surface area contributed by atoms with Gasteiger partial charge in [0.05, 0.1) is 5.69 Å². The normalized spacial score (nSPS) is 18.8. The van der Waals surface area contributed by atoms with Gasteiger partial charge in [0.25, 0.3) is 5.91 Å². The highest BCUT2D eigenvalue weighted by Gasteiger charge is 2.26. The lowest BCUT2D eigenvalue weighted by Crippen LogP contribution is -2.41. The Kier molecular flexibility index (Phi) is 4.58. The summed E-state index contributed by atoms with van der Waals surface area (Å²) in [5.41, 5.74) is 1.31. The minimum atomic E-state index is 0.0480. The Morgan fingerprint density at radius 2 is 2.32 bits per heavy atom. The molecule has 1 fully saturated rings. The van der Waals surface area contributed by atoms with E-state index in [0.717, 1.165) is 32.5 Å². The van der Waals surface area contributed by atoms with E-state index >= 15 is 0 Å². The maximum Gasteiger partial charge on any atom is 0.259 e. The van der Waals surface area contributed by atoms with Crippen molar-refractivity contribution in [3.63, 3.8) is 0 Å². The minimum absolute atomic E-state index is 0.0480. The van der Waals surface area contributed by atoms with Crippen molar-refractivity contribution >= 4 is 5.91 Å². The molecule has 0 aromatic carbocycles. The molecule has 5 heteroatoms. The molecule has 1 amide bonds. The summed E-state index contributed by atoms with van der Waals surface area (Å²) in [6.45, 7) is 8.32. The van der Waals surface area contributed by atoms with Crippen molar-refractivity contribution in [3.8, 4) is 0 Å². The molecule has 106 valence electrons. The second-order valence-electron chi connectivity index (χ2n) is 5.24. The summed E-state index contributed by atoms with van der Waals surface area (Å²) in [6.07, 6.45) is 3.31. The van der Waals surface area contributed by atoms with Crippen LogP contribution in [-0.4, -0.2) is 41.6 Å². The van der Waals surface area contributed by atoms with Gasteiger partial charge in [0.2, 0.25) is 0 Å². The third kappa shape index (κ3) is 3.15. The molecule has 19 heavy (non-hydrogen) atoms. The number of aromatic nitrogens is 1. The predicted molar refractivity (Wildman–Crippen MR) is 73.2 cm³/mol. The first-order valence-corrected chi connectivity index (χ1v) is 7.09. The molecule has 1 unspecified atom stereocenters. The molecule has 1 aromatic rings. The monoisotopic (exact) mass is 265 g/mol. The van der Waals surface area contributed by atoms with E-state index in [1.807, 2.05) is 11.8 Å². The van der Waals surface area contributed by atoms with Crippen molar-refractivity contribution in [2.24, 2.45) is 0 Å². The maximum atomic E-state index is 12.6. The van der Waals surface area contributed by atoms with Gasteiger partial charge in [0.15, 0.2) is 0 Å². The zero-order chi connectivity index (χ0) is 13.8. The number of amides is 1. The zero-order valence-electron chi connectivity index (χ0n) is 12.0. The van der Waals surface area contributed by atoms with E-state index in [4.69, 9.17) is 4.52 Å². The smallest absolute Gasteiger partial charge is 0.259 e. The second kappa shape index (κ2) is 6.19. The number of nitrogens with zero attached hydrogens (tertiary/aromatic N) is 2. The van der Waals surface area contributed by atoms with Gasteiger partial charge < -0.3 is 14.7 Å². The third-order valence-electron chi connectivity index (χ3n) is 3.63. The molecule has 0 radical (unpaired) electrons. The Bertz CT molecular complexity index is 416. The van der Waals surface area contributed by atoms with Gasteiger partial charge in [-0.25, -0.2) is 0 Å². The summed E-state index contributed by atoms with van der Waals surface area (Å²) in [4.78, 5) is 14.5. The van der Waals surface area contributed by atoms with Crippen LogP contribution in [0.3, 0.4) is 0 Å². The van der Waals surface area contributed by atoms with Crippen molar-refractivity contribution in [3.05, 3.63) is 17.0 Å². The first-order chi connectivity index (χ1) is 9.13. The van der Waals surface area contributed by atoms with E-state index in [-0.39, 0.29) is 5.91 Å². The standard InChI is InChI=1S/C14H23N3O2/c1-4-8-17(9-12-6-5-7-15-12)14(18)13-10(2)16-19-11(13)3/h12,15H,4-9H2,1-3H3. The van der Waals surface area contributed by atoms with Crippen LogP contribution in [0.25, 0.3) is 0 Å². The molecule has 0 saturated carbocycles. The summed E-state index contributed by atoms with van der Waals surface area (Å²) in [5, 5.41) is 7.32. The maximum absolute atomic E-state index is 12.6. The van der Waals surface area contributed by atoms with E-state index in [9.17, 15) is 4.79 Å². The molecule has 0 aliphatic carbocycles. The van der Waals surface area contributed by atoms with Crippen LogP contribution in [0.2, 0.25) is 0 Å². The molecular formula is C14H23N3O2. The van der Waals surface area contributed by atoms with Gasteiger partial charge in [-0.05, 0) is 39.7 Å². The number of carbonyl (C=O) groups excluding carboxylic acids is 1. The fourth-order valence-electron chi connectivity index (χ4n) is 2.67. The topological polar surface area (TPSA) is 58.4 Å². The van der Waals surface area contributed by atoms with Crippen LogP contribution in [-0.2, 0) is 0 Å². The second-order valence-corrected chi connectivity index (χ2v) is 5.24. The average Bonchev–Trinajstić information content (AvgIpc) is 2.99. The highest BCUT2D eigenvalue weighted by molar-refractivity contribution is 5.96. The van der Waals surface area contributed by atoms with Gasteiger partial charge >= 0.3 is 0 Å². The summed E-state index contributed by atoms with van der Waals surface area (Å²) < 4.78 is 5.10. The molecule has 1 atom stereocenters. The van der Waals surface area contributed by atoms with Crippen LogP contribution >= 0.6 is 0 Å². The summed E-state index contributed by atoms with van der Waals surface area (Å²) in [7, 11) is 0. The lowest BCUT2D eigenvalue weighted by molar-refractivity contribution is 0.0739. The Labute approximate surface area is 114 Å². The van der Waals surface area contributed by atoms with E-state index in [1.165, 1.54) is 6.42 Å². The van der Waals surface area contributed by atoms with Gasteiger partial charge in [0.1, 0.15) is 11.3 Å². The van der Waals surface area contributed by atoms with Crippen molar-refractivity contribution in [1.29, 1.82) is 0 Å². The van der Waals surface area contributed by atoms with Crippen molar-refractivity contribution < 1.29 is 9.32 Å². The van der Waals surface area contributed by atoms with Crippen molar-refractivity contribution in [2.45, 2.75) is 46.1 Å².